The van der Waals surface area contributed by atoms with Crippen LogP contribution in [0.2, 0.25) is 0 Å². The van der Waals surface area contributed by atoms with E-state index in [-0.39, 0.29) is 11.5 Å². The third-order valence-electron chi connectivity index (χ3n) is 4.49. The van der Waals surface area contributed by atoms with Crippen molar-refractivity contribution in [3.05, 3.63) is 100.0 Å². The number of benzene rings is 2. The first-order chi connectivity index (χ1) is 12.3. The predicted octanol–water partition coefficient (Wildman–Crippen LogP) is 3.12. The molecule has 4 rings (SSSR count). The Labute approximate surface area is 146 Å². The average Bonchev–Trinajstić information content (AvgIpc) is 2.67. The van der Waals surface area contributed by atoms with Gasteiger partial charge < -0.3 is 14.6 Å². The first-order valence-corrected chi connectivity index (χ1v) is 8.51. The maximum Gasteiger partial charge on any atom is 0.223 e. The SMILES string of the molecule is O=c1cc2n(cc1OCc1ccccc1)CCNC2c1ccccc1. The van der Waals surface area contributed by atoms with Crippen molar-refractivity contribution >= 4 is 0 Å². The van der Waals surface area contributed by atoms with E-state index in [1.54, 1.807) is 6.07 Å². The summed E-state index contributed by atoms with van der Waals surface area (Å²) >= 11 is 0. The van der Waals surface area contributed by atoms with E-state index in [4.69, 9.17) is 4.74 Å². The first kappa shape index (κ1) is 15.7. The van der Waals surface area contributed by atoms with Crippen LogP contribution in [-0.2, 0) is 13.2 Å². The van der Waals surface area contributed by atoms with Crippen LogP contribution in [0, 0.1) is 0 Å². The molecule has 3 aromatic rings. The Morgan fingerprint density at radius 2 is 1.76 bits per heavy atom. The number of nitrogens with one attached hydrogen (secondary N) is 1. The molecule has 2 aromatic carbocycles. The topological polar surface area (TPSA) is 43.3 Å². The lowest BCUT2D eigenvalue weighted by atomic mass is 10.0. The van der Waals surface area contributed by atoms with Gasteiger partial charge in [-0.3, -0.25) is 4.79 Å². The van der Waals surface area contributed by atoms with Gasteiger partial charge >= 0.3 is 0 Å². The van der Waals surface area contributed by atoms with Gasteiger partial charge in [-0.2, -0.15) is 0 Å². The van der Waals surface area contributed by atoms with Crippen molar-refractivity contribution in [3.8, 4) is 5.75 Å². The van der Waals surface area contributed by atoms with Gasteiger partial charge in [-0.1, -0.05) is 60.7 Å². The molecule has 1 aliphatic heterocycles. The van der Waals surface area contributed by atoms with Gasteiger partial charge in [0.1, 0.15) is 6.61 Å². The van der Waals surface area contributed by atoms with Crippen molar-refractivity contribution in [2.24, 2.45) is 0 Å². The third-order valence-corrected chi connectivity index (χ3v) is 4.49. The molecule has 1 aliphatic rings. The van der Waals surface area contributed by atoms with Gasteiger partial charge in [-0.25, -0.2) is 0 Å². The van der Waals surface area contributed by atoms with E-state index in [2.05, 4.69) is 22.0 Å². The third kappa shape index (κ3) is 3.35. The van der Waals surface area contributed by atoms with E-state index >= 15 is 0 Å². The highest BCUT2D eigenvalue weighted by atomic mass is 16.5. The second-order valence-electron chi connectivity index (χ2n) is 6.19. The van der Waals surface area contributed by atoms with Gasteiger partial charge in [0.05, 0.1) is 12.2 Å². The summed E-state index contributed by atoms with van der Waals surface area (Å²) in [5.41, 5.74) is 3.11. The molecule has 0 amide bonds. The largest absolute Gasteiger partial charge is 0.483 e. The van der Waals surface area contributed by atoms with Crippen LogP contribution in [0.4, 0.5) is 0 Å². The Morgan fingerprint density at radius 1 is 1.04 bits per heavy atom. The zero-order valence-corrected chi connectivity index (χ0v) is 13.9. The zero-order chi connectivity index (χ0) is 17.1. The summed E-state index contributed by atoms with van der Waals surface area (Å²) in [4.78, 5) is 12.5. The predicted molar refractivity (Wildman–Crippen MR) is 97.8 cm³/mol. The molecule has 0 aliphatic carbocycles. The van der Waals surface area contributed by atoms with E-state index < -0.39 is 0 Å². The molecule has 1 N–H and O–H groups in total. The fourth-order valence-electron chi connectivity index (χ4n) is 3.22. The lowest BCUT2D eigenvalue weighted by Crippen LogP contribution is -2.36. The highest BCUT2D eigenvalue weighted by Gasteiger charge is 2.22. The monoisotopic (exact) mass is 332 g/mol. The Balaban J connectivity index is 1.62. The number of hydrogen-bond donors (Lipinski definition) is 1. The van der Waals surface area contributed by atoms with Crippen LogP contribution in [0.3, 0.4) is 0 Å². The fourth-order valence-corrected chi connectivity index (χ4v) is 3.22. The molecule has 0 bridgehead atoms. The number of fused-ring (bicyclic) bond motifs is 1. The van der Waals surface area contributed by atoms with Crippen molar-refractivity contribution in [2.45, 2.75) is 19.2 Å². The van der Waals surface area contributed by atoms with E-state index in [0.717, 1.165) is 29.9 Å². The summed E-state index contributed by atoms with van der Waals surface area (Å²) in [6.07, 6.45) is 1.84. The summed E-state index contributed by atoms with van der Waals surface area (Å²) in [5.74, 6) is 0.404. The molecular formula is C21H20N2O2. The maximum absolute atomic E-state index is 12.5. The Kier molecular flexibility index (Phi) is 4.36. The molecule has 1 atom stereocenters. The number of hydrogen-bond acceptors (Lipinski definition) is 3. The first-order valence-electron chi connectivity index (χ1n) is 8.51. The second-order valence-corrected chi connectivity index (χ2v) is 6.19. The Bertz CT molecular complexity index is 904. The number of rotatable bonds is 4. The summed E-state index contributed by atoms with van der Waals surface area (Å²) < 4.78 is 7.90. The van der Waals surface area contributed by atoms with Crippen LogP contribution in [0.5, 0.6) is 5.75 Å². The lowest BCUT2D eigenvalue weighted by Gasteiger charge is -2.29. The van der Waals surface area contributed by atoms with E-state index in [1.807, 2.05) is 54.7 Å². The summed E-state index contributed by atoms with van der Waals surface area (Å²) in [5, 5.41) is 3.50. The van der Waals surface area contributed by atoms with Gasteiger partial charge in [0, 0.05) is 24.8 Å². The minimum absolute atomic E-state index is 0.0332. The molecule has 25 heavy (non-hydrogen) atoms. The normalized spacial score (nSPS) is 16.2. The quantitative estimate of drug-likeness (QED) is 0.798. The van der Waals surface area contributed by atoms with Crippen LogP contribution in [0.15, 0.2) is 77.7 Å². The minimum atomic E-state index is -0.0770. The number of aromatic nitrogens is 1. The molecule has 126 valence electrons. The molecule has 1 aromatic heterocycles. The van der Waals surface area contributed by atoms with E-state index in [0.29, 0.717) is 12.4 Å². The van der Waals surface area contributed by atoms with Gasteiger partial charge in [0.25, 0.3) is 0 Å². The molecule has 0 saturated heterocycles. The van der Waals surface area contributed by atoms with Crippen molar-refractivity contribution in [3.63, 3.8) is 0 Å². The molecule has 2 heterocycles. The van der Waals surface area contributed by atoms with Gasteiger partial charge in [-0.05, 0) is 11.1 Å². The Morgan fingerprint density at radius 3 is 2.52 bits per heavy atom. The van der Waals surface area contributed by atoms with Crippen LogP contribution in [0.1, 0.15) is 22.9 Å². The summed E-state index contributed by atoms with van der Waals surface area (Å²) in [7, 11) is 0. The number of pyridine rings is 1. The van der Waals surface area contributed by atoms with Gasteiger partial charge in [-0.15, -0.1) is 0 Å². The molecule has 1 unspecified atom stereocenters. The molecule has 4 nitrogen and oxygen atoms in total. The standard InChI is InChI=1S/C21H20N2O2/c24-19-13-18-21(17-9-5-2-6-10-17)22-11-12-23(18)14-20(19)25-15-16-7-3-1-4-8-16/h1-10,13-14,21-22H,11-12,15H2. The van der Waals surface area contributed by atoms with E-state index in [1.165, 1.54) is 0 Å². The Hall–Kier alpha value is -2.85. The fraction of sp³-hybridized carbons (Fsp3) is 0.190. The molecule has 0 fully saturated rings. The number of nitrogens with zero attached hydrogens (tertiary/aromatic N) is 1. The zero-order valence-electron chi connectivity index (χ0n) is 13.9. The highest BCUT2D eigenvalue weighted by molar-refractivity contribution is 5.32. The molecular weight excluding hydrogens is 312 g/mol. The highest BCUT2D eigenvalue weighted by Crippen LogP contribution is 2.25. The molecule has 0 spiro atoms. The minimum Gasteiger partial charge on any atom is -0.483 e. The van der Waals surface area contributed by atoms with Crippen molar-refractivity contribution in [1.82, 2.24) is 9.88 Å². The van der Waals surface area contributed by atoms with Gasteiger partial charge in [0.2, 0.25) is 5.43 Å². The summed E-state index contributed by atoms with van der Waals surface area (Å²) in [6.45, 7) is 2.07. The molecule has 0 radical (unpaired) electrons. The van der Waals surface area contributed by atoms with Gasteiger partial charge in [0.15, 0.2) is 5.75 Å². The van der Waals surface area contributed by atoms with E-state index in [9.17, 15) is 4.79 Å². The number of ether oxygens (including phenoxy) is 1. The van der Waals surface area contributed by atoms with Crippen LogP contribution in [0.25, 0.3) is 0 Å². The van der Waals surface area contributed by atoms with Crippen LogP contribution in [-0.4, -0.2) is 11.1 Å². The summed E-state index contributed by atoms with van der Waals surface area (Å²) in [6, 6.07) is 21.8. The lowest BCUT2D eigenvalue weighted by molar-refractivity contribution is 0.297. The molecule has 0 saturated carbocycles. The van der Waals surface area contributed by atoms with Crippen molar-refractivity contribution in [2.75, 3.05) is 6.54 Å². The average molecular weight is 332 g/mol. The van der Waals surface area contributed by atoms with Crippen molar-refractivity contribution in [1.29, 1.82) is 0 Å². The maximum atomic E-state index is 12.5. The van der Waals surface area contributed by atoms with Crippen molar-refractivity contribution < 1.29 is 4.74 Å². The van der Waals surface area contributed by atoms with Crippen LogP contribution >= 0.6 is 0 Å². The smallest absolute Gasteiger partial charge is 0.223 e. The molecule has 4 heteroatoms. The second kappa shape index (κ2) is 6.95. The van der Waals surface area contributed by atoms with Crippen LogP contribution < -0.4 is 15.5 Å².